The average molecular weight is 449 g/mol. The molecule has 0 saturated heterocycles. The maximum atomic E-state index is 14.7. The summed E-state index contributed by atoms with van der Waals surface area (Å²) in [6.07, 6.45) is 5.34. The molecule has 0 heterocycles. The van der Waals surface area contributed by atoms with Gasteiger partial charge in [0.2, 0.25) is 0 Å². The molecule has 3 unspecified atom stereocenters. The Kier molecular flexibility index (Phi) is 6.35. The molecule has 4 rings (SSSR count). The van der Waals surface area contributed by atoms with Crippen molar-refractivity contribution in [2.45, 2.75) is 91.7 Å². The van der Waals surface area contributed by atoms with Crippen molar-refractivity contribution in [2.75, 3.05) is 7.11 Å². The van der Waals surface area contributed by atoms with E-state index in [-0.39, 0.29) is 52.7 Å². The number of rotatable bonds is 5. The predicted molar refractivity (Wildman–Crippen MR) is 120 cm³/mol. The molecule has 0 radical (unpaired) electrons. The molecule has 4 saturated carbocycles. The van der Waals surface area contributed by atoms with Gasteiger partial charge in [0.1, 0.15) is 5.78 Å². The predicted octanol–water partition coefficient (Wildman–Crippen LogP) is 5.57. The fraction of sp³-hybridized carbons (Fsp3) is 0.889. The van der Waals surface area contributed by atoms with E-state index in [1.165, 1.54) is 7.11 Å². The van der Waals surface area contributed by atoms with Crippen LogP contribution >= 0.6 is 0 Å². The lowest BCUT2D eigenvalue weighted by molar-refractivity contribution is -0.174. The average Bonchev–Trinajstić information content (AvgIpc) is 3.11. The van der Waals surface area contributed by atoms with Gasteiger partial charge in [0.25, 0.3) is 0 Å². The molecule has 5 heteroatoms. The molecule has 4 nitrogen and oxygen atoms in total. The highest BCUT2D eigenvalue weighted by atomic mass is 19.1. The summed E-state index contributed by atoms with van der Waals surface area (Å²) >= 11 is 0. The molecule has 0 amide bonds. The Hall–Kier alpha value is -1.26. The number of methoxy groups -OCH3 is 1. The zero-order chi connectivity index (χ0) is 23.4. The number of alkyl halides is 1. The van der Waals surface area contributed by atoms with E-state index < -0.39 is 6.17 Å². The molecule has 0 aromatic heterocycles. The number of hydrogen-bond acceptors (Lipinski definition) is 4. The van der Waals surface area contributed by atoms with E-state index in [0.717, 1.165) is 38.5 Å². The first-order valence-electron chi connectivity index (χ1n) is 12.9. The molecular weight excluding hydrogens is 407 g/mol. The molecule has 0 aromatic rings. The van der Waals surface area contributed by atoms with Crippen LogP contribution in [0.3, 0.4) is 0 Å². The lowest BCUT2D eigenvalue weighted by Gasteiger charge is -2.61. The smallest absolute Gasteiger partial charge is 0.305 e. The van der Waals surface area contributed by atoms with Crippen molar-refractivity contribution in [1.82, 2.24) is 0 Å². The van der Waals surface area contributed by atoms with Gasteiger partial charge in [-0.05, 0) is 85.4 Å². The molecule has 10 atom stereocenters. The van der Waals surface area contributed by atoms with E-state index in [1.807, 2.05) is 0 Å². The number of ether oxygens (including phenoxy) is 1. The number of halogens is 1. The summed E-state index contributed by atoms with van der Waals surface area (Å²) in [5.74, 6) is 1.24. The van der Waals surface area contributed by atoms with Crippen LogP contribution in [0.25, 0.3) is 0 Å². The fourth-order valence-corrected chi connectivity index (χ4v) is 9.09. The van der Waals surface area contributed by atoms with Crippen molar-refractivity contribution in [3.63, 3.8) is 0 Å². The standard InChI is InChI=1S/C27H41FO4/c1-6-16-20-13-22(29)21(28)14-27(20,4)19-11-12-26(3)17(15(2)7-10-23(30)32-5)8-9-18(26)24(19)25(16)31/h15-21,24H,6-14H2,1-5H3/t15-,16-,17-,18?,19?,20+,21-,24?,26-,27-/m1/s1. The summed E-state index contributed by atoms with van der Waals surface area (Å²) < 4.78 is 19.5. The number of Topliss-reactive ketones (excluding diaryl/α,β-unsaturated/α-hetero) is 2. The second-order valence-electron chi connectivity index (χ2n) is 11.9. The monoisotopic (exact) mass is 448 g/mol. The zero-order valence-electron chi connectivity index (χ0n) is 20.5. The molecule has 4 fully saturated rings. The van der Waals surface area contributed by atoms with Crippen molar-refractivity contribution in [3.05, 3.63) is 0 Å². The summed E-state index contributed by atoms with van der Waals surface area (Å²) in [7, 11) is 1.44. The third-order valence-electron chi connectivity index (χ3n) is 10.8. The summed E-state index contributed by atoms with van der Waals surface area (Å²) in [5.41, 5.74) is -0.171. The van der Waals surface area contributed by atoms with Gasteiger partial charge in [-0.3, -0.25) is 14.4 Å². The van der Waals surface area contributed by atoms with Gasteiger partial charge in [0, 0.05) is 24.7 Å². The fourth-order valence-electron chi connectivity index (χ4n) is 9.09. The van der Waals surface area contributed by atoms with E-state index >= 15 is 0 Å². The lowest BCUT2D eigenvalue weighted by atomic mass is 9.41. The first-order chi connectivity index (χ1) is 15.1. The van der Waals surface area contributed by atoms with Gasteiger partial charge in [-0.25, -0.2) is 4.39 Å². The van der Waals surface area contributed by atoms with E-state index in [4.69, 9.17) is 4.74 Å². The molecule has 0 N–H and O–H groups in total. The molecule has 0 spiro atoms. The minimum Gasteiger partial charge on any atom is -0.469 e. The van der Waals surface area contributed by atoms with E-state index in [0.29, 0.717) is 36.4 Å². The largest absolute Gasteiger partial charge is 0.469 e. The maximum Gasteiger partial charge on any atom is 0.305 e. The van der Waals surface area contributed by atoms with Gasteiger partial charge < -0.3 is 4.74 Å². The van der Waals surface area contributed by atoms with Gasteiger partial charge in [-0.2, -0.15) is 0 Å². The third-order valence-corrected chi connectivity index (χ3v) is 10.8. The number of carbonyl (C=O) groups is 3. The molecule has 4 aliphatic carbocycles. The Balaban J connectivity index is 1.62. The topological polar surface area (TPSA) is 60.4 Å². The van der Waals surface area contributed by atoms with Crippen LogP contribution in [0.2, 0.25) is 0 Å². The number of ketones is 2. The lowest BCUT2D eigenvalue weighted by Crippen LogP contribution is -2.61. The van der Waals surface area contributed by atoms with Crippen molar-refractivity contribution >= 4 is 17.5 Å². The Morgan fingerprint density at radius 2 is 1.81 bits per heavy atom. The highest BCUT2D eigenvalue weighted by Gasteiger charge is 2.66. The van der Waals surface area contributed by atoms with Crippen molar-refractivity contribution in [2.24, 2.45) is 52.3 Å². The molecule has 0 aromatic carbocycles. The molecule has 4 aliphatic rings. The van der Waals surface area contributed by atoms with E-state index in [9.17, 15) is 18.8 Å². The highest BCUT2D eigenvalue weighted by molar-refractivity contribution is 5.89. The molecule has 32 heavy (non-hydrogen) atoms. The van der Waals surface area contributed by atoms with Crippen LogP contribution in [0.1, 0.15) is 85.5 Å². The number of esters is 1. The van der Waals surface area contributed by atoms with Crippen LogP contribution < -0.4 is 0 Å². The Bertz CT molecular complexity index is 780. The maximum absolute atomic E-state index is 14.7. The van der Waals surface area contributed by atoms with Crippen LogP contribution in [0, 0.1) is 52.3 Å². The minimum absolute atomic E-state index is 0.00119. The van der Waals surface area contributed by atoms with E-state index in [1.54, 1.807) is 0 Å². The van der Waals surface area contributed by atoms with Crippen molar-refractivity contribution < 1.29 is 23.5 Å². The van der Waals surface area contributed by atoms with Crippen LogP contribution in [-0.2, 0) is 19.1 Å². The van der Waals surface area contributed by atoms with E-state index in [2.05, 4.69) is 27.7 Å². The van der Waals surface area contributed by atoms with Gasteiger partial charge in [0.15, 0.2) is 12.0 Å². The molecule has 0 bridgehead atoms. The van der Waals surface area contributed by atoms with Gasteiger partial charge in [-0.1, -0.05) is 27.7 Å². The normalized spacial score (nSPS) is 46.8. The second kappa shape index (κ2) is 8.51. The summed E-state index contributed by atoms with van der Waals surface area (Å²) in [5, 5.41) is 0. The van der Waals surface area contributed by atoms with Crippen LogP contribution in [-0.4, -0.2) is 30.8 Å². The van der Waals surface area contributed by atoms with Crippen LogP contribution in [0.15, 0.2) is 0 Å². The summed E-state index contributed by atoms with van der Waals surface area (Å²) in [6.45, 7) is 8.88. The Morgan fingerprint density at radius 1 is 1.12 bits per heavy atom. The number of carbonyl (C=O) groups excluding carboxylic acids is 3. The molecule has 0 aliphatic heterocycles. The zero-order valence-corrected chi connectivity index (χ0v) is 20.5. The van der Waals surface area contributed by atoms with Crippen molar-refractivity contribution in [3.8, 4) is 0 Å². The first-order valence-corrected chi connectivity index (χ1v) is 12.9. The molecule has 180 valence electrons. The Morgan fingerprint density at radius 3 is 2.47 bits per heavy atom. The first kappa shape index (κ1) is 23.9. The van der Waals surface area contributed by atoms with Crippen LogP contribution in [0.4, 0.5) is 4.39 Å². The number of hydrogen-bond donors (Lipinski definition) is 0. The highest BCUT2D eigenvalue weighted by Crippen LogP contribution is 2.68. The van der Waals surface area contributed by atoms with Crippen molar-refractivity contribution in [1.29, 1.82) is 0 Å². The second-order valence-corrected chi connectivity index (χ2v) is 11.9. The minimum atomic E-state index is -1.37. The Labute approximate surface area is 192 Å². The quantitative estimate of drug-likeness (QED) is 0.516. The van der Waals surface area contributed by atoms with Gasteiger partial charge in [-0.15, -0.1) is 0 Å². The molecular formula is C27H41FO4. The number of fused-ring (bicyclic) bond motifs is 5. The van der Waals surface area contributed by atoms with Gasteiger partial charge >= 0.3 is 5.97 Å². The summed E-state index contributed by atoms with van der Waals surface area (Å²) in [6, 6.07) is 0. The van der Waals surface area contributed by atoms with Crippen LogP contribution in [0.5, 0.6) is 0 Å². The van der Waals surface area contributed by atoms with Gasteiger partial charge in [0.05, 0.1) is 7.11 Å². The third kappa shape index (κ3) is 3.48. The summed E-state index contributed by atoms with van der Waals surface area (Å²) in [4.78, 5) is 37.9. The SMILES string of the molecule is CC[C@H]1C(=O)C2C3CC[C@H]([C@H](C)CCC(=O)OC)[C@@]3(C)CCC2[C@@]2(C)C[C@@H](F)C(=O)C[C@@H]12.